The lowest BCUT2D eigenvalue weighted by atomic mass is 9.81. The second-order valence-electron chi connectivity index (χ2n) is 10.4. The summed E-state index contributed by atoms with van der Waals surface area (Å²) in [4.78, 5) is 18.8. The first-order valence-electron chi connectivity index (χ1n) is 12.0. The molecular weight excluding hydrogens is 430 g/mol. The minimum absolute atomic E-state index is 0.0668. The SMILES string of the molecule is COc1cc2c(cc1O)-n1c(-c3ccn(C)c3)nc(C(=O)C3CCOCC(C)(C)CC3)c1CC2. The van der Waals surface area contributed by atoms with Crippen molar-refractivity contribution >= 4 is 5.78 Å². The third-order valence-electron chi connectivity index (χ3n) is 7.19. The monoisotopic (exact) mass is 463 g/mol. The van der Waals surface area contributed by atoms with Crippen LogP contribution in [0.25, 0.3) is 17.1 Å². The van der Waals surface area contributed by atoms with Gasteiger partial charge in [0.1, 0.15) is 11.5 Å². The van der Waals surface area contributed by atoms with Crippen LogP contribution in [0, 0.1) is 11.3 Å². The van der Waals surface area contributed by atoms with Gasteiger partial charge in [0.2, 0.25) is 0 Å². The number of phenols is 1. The Hall–Kier alpha value is -3.06. The van der Waals surface area contributed by atoms with Crippen molar-refractivity contribution in [2.45, 2.75) is 46.0 Å². The minimum Gasteiger partial charge on any atom is -0.504 e. The predicted octanol–water partition coefficient (Wildman–Crippen LogP) is 4.72. The van der Waals surface area contributed by atoms with Crippen LogP contribution in [0.15, 0.2) is 30.6 Å². The Balaban J connectivity index is 1.62. The van der Waals surface area contributed by atoms with E-state index >= 15 is 0 Å². The van der Waals surface area contributed by atoms with E-state index in [0.717, 1.165) is 60.6 Å². The van der Waals surface area contributed by atoms with Crippen molar-refractivity contribution in [3.63, 3.8) is 0 Å². The Morgan fingerprint density at radius 3 is 2.82 bits per heavy atom. The molecule has 2 aliphatic heterocycles. The fourth-order valence-corrected chi connectivity index (χ4v) is 5.21. The second-order valence-corrected chi connectivity index (χ2v) is 10.4. The molecule has 7 nitrogen and oxygen atoms in total. The predicted molar refractivity (Wildman–Crippen MR) is 130 cm³/mol. The molecule has 1 unspecified atom stereocenters. The number of aromatic hydroxyl groups is 1. The summed E-state index contributed by atoms with van der Waals surface area (Å²) in [6.45, 7) is 5.72. The van der Waals surface area contributed by atoms with E-state index in [2.05, 4.69) is 18.4 Å². The number of ketones is 1. The van der Waals surface area contributed by atoms with Crippen molar-refractivity contribution in [3.8, 4) is 28.6 Å². The normalized spacial score (nSPS) is 19.6. The topological polar surface area (TPSA) is 78.5 Å². The van der Waals surface area contributed by atoms with Gasteiger partial charge in [-0.15, -0.1) is 0 Å². The molecule has 0 saturated carbocycles. The zero-order valence-electron chi connectivity index (χ0n) is 20.4. The number of ether oxygens (including phenoxy) is 2. The maximum absolute atomic E-state index is 13.9. The van der Waals surface area contributed by atoms with E-state index in [9.17, 15) is 9.90 Å². The zero-order chi connectivity index (χ0) is 24.0. The number of imidazole rings is 1. The molecule has 1 saturated heterocycles. The highest BCUT2D eigenvalue weighted by atomic mass is 16.5. The van der Waals surface area contributed by atoms with Gasteiger partial charge in [-0.25, -0.2) is 4.98 Å². The Bertz CT molecular complexity index is 1240. The number of carbonyl (C=O) groups is 1. The van der Waals surface area contributed by atoms with Gasteiger partial charge in [0.25, 0.3) is 0 Å². The van der Waals surface area contributed by atoms with Crippen LogP contribution in [-0.4, -0.2) is 45.3 Å². The molecule has 0 radical (unpaired) electrons. The highest BCUT2D eigenvalue weighted by Gasteiger charge is 2.34. The van der Waals surface area contributed by atoms with Crippen LogP contribution in [0.1, 0.15) is 54.9 Å². The number of fused-ring (bicyclic) bond motifs is 3. The number of phenolic OH excluding ortho intramolecular Hbond substituents is 1. The summed E-state index contributed by atoms with van der Waals surface area (Å²) < 4.78 is 15.2. The third kappa shape index (κ3) is 4.02. The van der Waals surface area contributed by atoms with Crippen LogP contribution in [0.5, 0.6) is 11.5 Å². The molecule has 3 aromatic rings. The second kappa shape index (κ2) is 8.62. The lowest BCUT2D eigenvalue weighted by Gasteiger charge is -2.30. The van der Waals surface area contributed by atoms with Crippen molar-refractivity contribution < 1.29 is 19.4 Å². The standard InChI is InChI=1S/C27H33N3O4/c1-27(2)10-7-17(9-12-34-16-27)25(32)24-20-6-5-18-13-23(33-4)22(31)14-21(18)30(20)26(28-24)19-8-11-29(3)15-19/h8,11,13-15,17,31H,5-7,9-10,12,16H2,1-4H3. The van der Waals surface area contributed by atoms with Crippen LogP contribution in [-0.2, 0) is 24.6 Å². The molecular formula is C27H33N3O4. The van der Waals surface area contributed by atoms with Crippen LogP contribution in [0.3, 0.4) is 0 Å². The maximum Gasteiger partial charge on any atom is 0.186 e. The van der Waals surface area contributed by atoms with E-state index in [-0.39, 0.29) is 22.9 Å². The van der Waals surface area contributed by atoms with E-state index in [1.165, 1.54) is 0 Å². The van der Waals surface area contributed by atoms with Gasteiger partial charge < -0.3 is 19.1 Å². The summed E-state index contributed by atoms with van der Waals surface area (Å²) in [6.07, 6.45) is 7.95. The fraction of sp³-hybridized carbons (Fsp3) is 0.481. The first-order chi connectivity index (χ1) is 16.3. The Labute approximate surface area is 200 Å². The van der Waals surface area contributed by atoms with Gasteiger partial charge in [-0.1, -0.05) is 13.8 Å². The van der Waals surface area contributed by atoms with E-state index in [1.54, 1.807) is 13.2 Å². The molecule has 34 heavy (non-hydrogen) atoms. The summed E-state index contributed by atoms with van der Waals surface area (Å²) in [7, 11) is 3.52. The number of benzene rings is 1. The Kier molecular flexibility index (Phi) is 5.76. The molecule has 2 aliphatic rings. The van der Waals surface area contributed by atoms with E-state index < -0.39 is 0 Å². The summed E-state index contributed by atoms with van der Waals surface area (Å²) in [5.74, 6) is 1.26. The first-order valence-corrected chi connectivity index (χ1v) is 12.0. The number of hydrogen-bond acceptors (Lipinski definition) is 5. The van der Waals surface area contributed by atoms with Crippen molar-refractivity contribution in [1.29, 1.82) is 0 Å². The smallest absolute Gasteiger partial charge is 0.186 e. The Morgan fingerprint density at radius 1 is 1.26 bits per heavy atom. The zero-order valence-corrected chi connectivity index (χ0v) is 20.4. The lowest BCUT2D eigenvalue weighted by molar-refractivity contribution is 0.0284. The van der Waals surface area contributed by atoms with Crippen LogP contribution >= 0.6 is 0 Å². The highest BCUT2D eigenvalue weighted by Crippen LogP contribution is 2.40. The number of carbonyl (C=O) groups excluding carboxylic acids is 1. The fourth-order valence-electron chi connectivity index (χ4n) is 5.21. The number of nitrogens with zero attached hydrogens (tertiary/aromatic N) is 3. The van der Waals surface area contributed by atoms with Crippen LogP contribution in [0.2, 0.25) is 0 Å². The minimum atomic E-state index is -0.103. The van der Waals surface area contributed by atoms with Crippen molar-refractivity contribution in [1.82, 2.24) is 14.1 Å². The molecule has 1 fully saturated rings. The molecule has 2 aromatic heterocycles. The molecule has 0 amide bonds. The van der Waals surface area contributed by atoms with Crippen LogP contribution < -0.4 is 4.74 Å². The summed E-state index contributed by atoms with van der Waals surface area (Å²) >= 11 is 0. The quantitative estimate of drug-likeness (QED) is 0.567. The molecule has 4 heterocycles. The van der Waals surface area contributed by atoms with Gasteiger partial charge in [-0.3, -0.25) is 9.36 Å². The Morgan fingerprint density at radius 2 is 2.09 bits per heavy atom. The van der Waals surface area contributed by atoms with Gasteiger partial charge in [-0.05, 0) is 55.2 Å². The van der Waals surface area contributed by atoms with E-state index in [4.69, 9.17) is 14.5 Å². The molecule has 1 N–H and O–H groups in total. The van der Waals surface area contributed by atoms with Crippen molar-refractivity contribution in [2.24, 2.45) is 18.4 Å². The molecule has 1 aromatic carbocycles. The van der Waals surface area contributed by atoms with E-state index in [1.807, 2.05) is 36.1 Å². The summed E-state index contributed by atoms with van der Waals surface area (Å²) in [5.41, 5.74) is 4.40. The molecule has 1 atom stereocenters. The largest absolute Gasteiger partial charge is 0.504 e. The average Bonchev–Trinajstić information content (AvgIpc) is 3.40. The number of methoxy groups -OCH3 is 1. The number of hydrogen-bond donors (Lipinski definition) is 1. The van der Waals surface area contributed by atoms with Crippen molar-refractivity contribution in [2.75, 3.05) is 20.3 Å². The lowest BCUT2D eigenvalue weighted by Crippen LogP contribution is -2.28. The maximum atomic E-state index is 13.9. The van der Waals surface area contributed by atoms with Gasteiger partial charge >= 0.3 is 0 Å². The van der Waals surface area contributed by atoms with E-state index in [0.29, 0.717) is 24.5 Å². The molecule has 0 bridgehead atoms. The molecule has 0 spiro atoms. The highest BCUT2D eigenvalue weighted by molar-refractivity contribution is 5.98. The summed E-state index contributed by atoms with van der Waals surface area (Å²) in [5, 5.41) is 10.5. The average molecular weight is 464 g/mol. The number of Topliss-reactive ketones (excluding diaryl/α,β-unsaturated/α-hetero) is 1. The van der Waals surface area contributed by atoms with Gasteiger partial charge in [-0.2, -0.15) is 0 Å². The van der Waals surface area contributed by atoms with Crippen molar-refractivity contribution in [3.05, 3.63) is 47.5 Å². The number of aromatic nitrogens is 3. The number of aryl methyl sites for hydroxylation is 2. The van der Waals surface area contributed by atoms with Crippen LogP contribution in [0.4, 0.5) is 0 Å². The molecule has 5 rings (SSSR count). The van der Waals surface area contributed by atoms with Gasteiger partial charge in [0.15, 0.2) is 17.3 Å². The molecule has 7 heteroatoms. The first kappa shape index (κ1) is 22.7. The third-order valence-corrected chi connectivity index (χ3v) is 7.19. The number of rotatable bonds is 4. The van der Waals surface area contributed by atoms with Gasteiger partial charge in [0.05, 0.1) is 25.1 Å². The summed E-state index contributed by atoms with van der Waals surface area (Å²) in [6, 6.07) is 5.62. The molecule has 0 aliphatic carbocycles. The molecule has 180 valence electrons. The van der Waals surface area contributed by atoms with Gasteiger partial charge in [0, 0.05) is 43.6 Å².